The van der Waals surface area contributed by atoms with Crippen molar-refractivity contribution in [2.24, 2.45) is 0 Å². The molecule has 0 fully saturated rings. The molecule has 0 saturated carbocycles. The Hall–Kier alpha value is 3.43. The van der Waals surface area contributed by atoms with Crippen LogP contribution in [0.5, 0.6) is 0 Å². The van der Waals surface area contributed by atoms with E-state index in [0.29, 0.717) is 0 Å². The van der Waals surface area contributed by atoms with Crippen molar-refractivity contribution in [3.05, 3.63) is 7.43 Å². The van der Waals surface area contributed by atoms with Gasteiger partial charge in [-0.3, -0.25) is 0 Å². The van der Waals surface area contributed by atoms with Crippen LogP contribution in [-0.2, 0) is 72.3 Å². The van der Waals surface area contributed by atoms with Crippen LogP contribution in [0.1, 0.15) is 14.9 Å². The van der Waals surface area contributed by atoms with E-state index < -0.39 is 0 Å². The minimum absolute atomic E-state index is 0. The number of rotatable bonds is 0. The second-order valence-corrected chi connectivity index (χ2v) is 0. The molecule has 0 aliphatic rings. The maximum Gasteiger partial charge on any atom is 0 e. The zero-order valence-corrected chi connectivity index (χ0v) is 14.3. The molecule has 0 aromatic carbocycles. The summed E-state index contributed by atoms with van der Waals surface area (Å²) in [6.07, 6.45) is 0. The summed E-state index contributed by atoms with van der Waals surface area (Å²) in [7, 11) is 0. The zero-order valence-electron chi connectivity index (χ0n) is 2.93. The number of hydrogen-bond acceptors (Lipinski definition) is 0. The van der Waals surface area contributed by atoms with Crippen molar-refractivity contribution >= 4 is 0 Å². The minimum atomic E-state index is 0. The third-order valence-electron chi connectivity index (χ3n) is 0. The fourth-order valence-corrected chi connectivity index (χ4v) is 0. The molecular formula is C3H11UVWY-. The first-order valence-electron chi connectivity index (χ1n) is 0. The van der Waals surface area contributed by atoms with Gasteiger partial charge in [0.2, 0.25) is 0 Å². The molecule has 0 nitrogen and oxygen atoms in total. The Morgan fingerprint density at radius 3 is 0.857 bits per heavy atom. The molecule has 0 aliphatic carbocycles. The molecule has 42 valence electrons. The molecular weight excluding hydrogens is 598 g/mol. The third-order valence-corrected chi connectivity index (χ3v) is 0. The normalized spacial score (nSPS) is 0. The van der Waals surface area contributed by atoms with E-state index in [1.165, 1.54) is 0 Å². The number of hydrogen-bond donors (Lipinski definition) is 0. The molecule has 0 bridgehead atoms. The van der Waals surface area contributed by atoms with Crippen LogP contribution in [0.15, 0.2) is 0 Å². The van der Waals surface area contributed by atoms with E-state index in [1.54, 1.807) is 0 Å². The average Bonchev–Trinajstić information content (AvgIpc) is 0. The first-order valence-corrected chi connectivity index (χ1v) is 0. The Balaban J connectivity index is 0. The minimum Gasteiger partial charge on any atom is -0.358 e. The van der Waals surface area contributed by atoms with Gasteiger partial charge in [0.15, 0.2) is 0 Å². The van der Waals surface area contributed by atoms with E-state index in [0.717, 1.165) is 0 Å². The van der Waals surface area contributed by atoms with Gasteiger partial charge in [-0.2, -0.15) is 0 Å². The SMILES string of the molecule is C.C.[CH3-].[U].[V].[W].[Y]. The van der Waals surface area contributed by atoms with E-state index in [-0.39, 0.29) is 126 Å². The van der Waals surface area contributed by atoms with Crippen molar-refractivity contribution in [1.82, 2.24) is 0 Å². The Morgan fingerprint density at radius 1 is 0.857 bits per heavy atom. The summed E-state index contributed by atoms with van der Waals surface area (Å²) in [6, 6.07) is 0. The van der Waals surface area contributed by atoms with Gasteiger partial charge in [0.1, 0.15) is 0 Å². The Bertz CT molecular complexity index is 14.9. The first kappa shape index (κ1) is 78.9. The molecule has 2 radical (unpaired) electrons. The molecule has 7 heavy (non-hydrogen) atoms. The van der Waals surface area contributed by atoms with Crippen LogP contribution in [-0.4, -0.2) is 0 Å². The van der Waals surface area contributed by atoms with Gasteiger partial charge in [0.05, 0.1) is 0 Å². The molecule has 0 heterocycles. The largest absolute Gasteiger partial charge is 0.358 e. The van der Waals surface area contributed by atoms with Crippen molar-refractivity contribution in [3.8, 4) is 0 Å². The van der Waals surface area contributed by atoms with Crippen molar-refractivity contribution in [1.29, 1.82) is 0 Å². The van der Waals surface area contributed by atoms with Crippen molar-refractivity contribution in [3.63, 3.8) is 0 Å². The van der Waals surface area contributed by atoms with Gasteiger partial charge in [-0.1, -0.05) is 14.9 Å². The van der Waals surface area contributed by atoms with Gasteiger partial charge in [0, 0.05) is 103 Å². The average molecular weight is 609 g/mol. The Kier molecular flexibility index (Phi) is 642. The predicted molar refractivity (Wildman–Crippen MR) is 19.9 cm³/mol. The molecule has 0 atom stereocenters. The van der Waals surface area contributed by atoms with E-state index in [1.807, 2.05) is 0 Å². The van der Waals surface area contributed by atoms with E-state index in [2.05, 4.69) is 0 Å². The summed E-state index contributed by atoms with van der Waals surface area (Å²) >= 11 is 0. The summed E-state index contributed by atoms with van der Waals surface area (Å²) < 4.78 is 0. The third kappa shape index (κ3) is 44.3. The van der Waals surface area contributed by atoms with E-state index in [9.17, 15) is 0 Å². The zero-order chi connectivity index (χ0) is 0. The first-order chi connectivity index (χ1) is 0. The molecule has 0 unspecified atom stereocenters. The van der Waals surface area contributed by atoms with Gasteiger partial charge in [-0.25, -0.2) is 0 Å². The monoisotopic (exact) mass is 609 g/mol. The fourth-order valence-electron chi connectivity index (χ4n) is 0. The van der Waals surface area contributed by atoms with Crippen LogP contribution in [0.2, 0.25) is 0 Å². The summed E-state index contributed by atoms with van der Waals surface area (Å²) in [4.78, 5) is 0. The molecule has 0 aromatic heterocycles. The molecule has 0 aromatic rings. The maximum atomic E-state index is 0. The van der Waals surface area contributed by atoms with Crippen LogP contribution < -0.4 is 0 Å². The van der Waals surface area contributed by atoms with Crippen LogP contribution in [0, 0.1) is 38.5 Å². The summed E-state index contributed by atoms with van der Waals surface area (Å²) in [6.45, 7) is 0. The summed E-state index contributed by atoms with van der Waals surface area (Å²) in [5.74, 6) is 0. The quantitative estimate of drug-likeness (QED) is 0.368. The molecule has 0 spiro atoms. The summed E-state index contributed by atoms with van der Waals surface area (Å²) in [5.41, 5.74) is 0. The van der Waals surface area contributed by atoms with Crippen molar-refractivity contribution in [2.75, 3.05) is 0 Å². The van der Waals surface area contributed by atoms with Gasteiger partial charge in [-0.15, -0.1) is 0 Å². The van der Waals surface area contributed by atoms with Crippen molar-refractivity contribution < 1.29 is 103 Å². The van der Waals surface area contributed by atoms with Crippen LogP contribution >= 0.6 is 0 Å². The smallest absolute Gasteiger partial charge is 0 e. The maximum absolute atomic E-state index is 0. The van der Waals surface area contributed by atoms with Gasteiger partial charge >= 0.3 is 0 Å². The molecule has 0 amide bonds. The Morgan fingerprint density at radius 2 is 0.857 bits per heavy atom. The van der Waals surface area contributed by atoms with E-state index in [4.69, 9.17) is 0 Å². The molecule has 0 aliphatic heterocycles. The molecule has 0 saturated heterocycles. The second kappa shape index (κ2) is 57.0. The molecule has 4 heteroatoms. The standard InChI is InChI=1S/2CH4.CH3.U.V.W.Y/h2*1H4;1H3;;;;/q;;-1;;;;. The van der Waals surface area contributed by atoms with Crippen LogP contribution in [0.25, 0.3) is 0 Å². The topological polar surface area (TPSA) is 0 Å². The summed E-state index contributed by atoms with van der Waals surface area (Å²) in [5, 5.41) is 0. The van der Waals surface area contributed by atoms with Gasteiger partial charge in [0.25, 0.3) is 0 Å². The van der Waals surface area contributed by atoms with Crippen LogP contribution in [0.3, 0.4) is 0 Å². The Labute approximate surface area is 123 Å². The fraction of sp³-hybridized carbons (Fsp3) is 0.667. The van der Waals surface area contributed by atoms with E-state index >= 15 is 0 Å². The molecule has 0 N–H and O–H groups in total. The molecule has 0 rings (SSSR count). The van der Waals surface area contributed by atoms with Crippen LogP contribution in [0.4, 0.5) is 0 Å². The second-order valence-electron chi connectivity index (χ2n) is 0. The predicted octanol–water partition coefficient (Wildman–Crippen LogP) is 1.71. The van der Waals surface area contributed by atoms with Gasteiger partial charge in [-0.05, 0) is 0 Å². The van der Waals surface area contributed by atoms with Crippen molar-refractivity contribution in [2.45, 2.75) is 14.9 Å². The van der Waals surface area contributed by atoms with Gasteiger partial charge < -0.3 is 7.43 Å².